The van der Waals surface area contributed by atoms with Crippen LogP contribution in [0.5, 0.6) is 0 Å². The average molecular weight is 325 g/mol. The van der Waals surface area contributed by atoms with E-state index >= 15 is 0 Å². The van der Waals surface area contributed by atoms with Crippen LogP contribution in [0.1, 0.15) is 26.3 Å². The van der Waals surface area contributed by atoms with Crippen molar-refractivity contribution >= 4 is 11.6 Å². The highest BCUT2D eigenvalue weighted by atomic mass is 35.5. The first kappa shape index (κ1) is 16.4. The first-order chi connectivity index (χ1) is 10.1. The van der Waals surface area contributed by atoms with Gasteiger partial charge in [0.15, 0.2) is 5.67 Å². The predicted molar refractivity (Wildman–Crippen MR) is 79.9 cm³/mol. The van der Waals surface area contributed by atoms with E-state index in [1.807, 2.05) is 6.07 Å². The molecule has 0 radical (unpaired) electrons. The molecule has 0 fully saturated rings. The summed E-state index contributed by atoms with van der Waals surface area (Å²) in [4.78, 5) is 0. The number of nitrogens with zero attached hydrogens (tertiary/aromatic N) is 4. The van der Waals surface area contributed by atoms with Crippen molar-refractivity contribution in [1.82, 2.24) is 15.0 Å². The number of alkyl halides is 2. The Hall–Kier alpha value is -2.00. The van der Waals surface area contributed by atoms with Crippen LogP contribution < -0.4 is 0 Å². The second-order valence-electron chi connectivity index (χ2n) is 5.78. The summed E-state index contributed by atoms with van der Waals surface area (Å²) in [5, 5.41) is 16.9. The topological polar surface area (TPSA) is 54.5 Å². The molecule has 1 aromatic carbocycles. The van der Waals surface area contributed by atoms with E-state index in [9.17, 15) is 8.78 Å². The monoisotopic (exact) mass is 324 g/mol. The zero-order valence-electron chi connectivity index (χ0n) is 12.4. The van der Waals surface area contributed by atoms with Crippen LogP contribution in [0.3, 0.4) is 0 Å². The van der Waals surface area contributed by atoms with Crippen molar-refractivity contribution in [3.8, 4) is 17.3 Å². The summed E-state index contributed by atoms with van der Waals surface area (Å²) >= 11 is 5.97. The quantitative estimate of drug-likeness (QED) is 0.855. The van der Waals surface area contributed by atoms with Gasteiger partial charge in [-0.05, 0) is 32.9 Å². The lowest BCUT2D eigenvalue weighted by atomic mass is 9.91. The lowest BCUT2D eigenvalue weighted by Crippen LogP contribution is -2.43. The molecule has 2 aromatic rings. The van der Waals surface area contributed by atoms with Crippen LogP contribution in [0.2, 0.25) is 5.02 Å². The lowest BCUT2D eigenvalue weighted by Gasteiger charge is -2.30. The summed E-state index contributed by atoms with van der Waals surface area (Å²) in [5.41, 5.74) is -2.61. The van der Waals surface area contributed by atoms with Gasteiger partial charge in [0.2, 0.25) is 0 Å². The van der Waals surface area contributed by atoms with Crippen molar-refractivity contribution in [2.45, 2.75) is 38.7 Å². The summed E-state index contributed by atoms with van der Waals surface area (Å²) in [6, 6.07) is 6.79. The van der Waals surface area contributed by atoms with E-state index in [0.29, 0.717) is 21.8 Å². The Kier molecular flexibility index (Phi) is 4.21. The molecule has 0 spiro atoms. The smallest absolute Gasteiger partial charge is 0.160 e. The van der Waals surface area contributed by atoms with Crippen molar-refractivity contribution in [3.05, 3.63) is 35.0 Å². The van der Waals surface area contributed by atoms with Gasteiger partial charge in [-0.15, -0.1) is 5.10 Å². The molecule has 0 amide bonds. The number of aromatic nitrogens is 3. The van der Waals surface area contributed by atoms with E-state index < -0.39 is 11.3 Å². The fraction of sp³-hybridized carbons (Fsp3) is 0.400. The summed E-state index contributed by atoms with van der Waals surface area (Å²) < 4.78 is 29.4. The molecule has 0 aliphatic carbocycles. The molecule has 116 valence electrons. The summed E-state index contributed by atoms with van der Waals surface area (Å²) in [6.45, 7) is 3.30. The molecule has 0 aliphatic rings. The number of hydrogen-bond donors (Lipinski definition) is 0. The number of halogens is 3. The molecule has 1 atom stereocenters. The summed E-state index contributed by atoms with van der Waals surface area (Å²) in [6.07, 6.45) is 1.52. The SMILES string of the molecule is CC(C)(F)C(C)(F)Cn1cc(-c2ccc(C#N)c(Cl)c2)nn1. The Morgan fingerprint density at radius 2 is 2.00 bits per heavy atom. The van der Waals surface area contributed by atoms with Gasteiger partial charge < -0.3 is 0 Å². The Bertz CT molecular complexity index is 726. The standard InChI is InChI=1S/C15H15ClF2N4/c1-14(2,17)15(3,18)9-22-8-13(20-21-22)10-4-5-11(7-19)12(16)6-10/h4-6,8H,9H2,1-3H3. The van der Waals surface area contributed by atoms with E-state index in [1.165, 1.54) is 31.6 Å². The fourth-order valence-electron chi connectivity index (χ4n) is 1.77. The summed E-state index contributed by atoms with van der Waals surface area (Å²) in [5.74, 6) is 0. The van der Waals surface area contributed by atoms with E-state index in [1.54, 1.807) is 18.2 Å². The highest BCUT2D eigenvalue weighted by Crippen LogP contribution is 2.31. The molecule has 1 heterocycles. The van der Waals surface area contributed by atoms with Gasteiger partial charge in [0.25, 0.3) is 0 Å². The van der Waals surface area contributed by atoms with Crippen LogP contribution in [-0.4, -0.2) is 26.3 Å². The van der Waals surface area contributed by atoms with Crippen molar-refractivity contribution < 1.29 is 8.78 Å². The maximum atomic E-state index is 14.3. The van der Waals surface area contributed by atoms with Gasteiger partial charge in [-0.2, -0.15) is 5.26 Å². The third kappa shape index (κ3) is 3.25. The maximum Gasteiger partial charge on any atom is 0.160 e. The molecule has 22 heavy (non-hydrogen) atoms. The van der Waals surface area contributed by atoms with E-state index in [0.717, 1.165) is 0 Å². The van der Waals surface area contributed by atoms with Gasteiger partial charge in [0, 0.05) is 5.56 Å². The van der Waals surface area contributed by atoms with Crippen LogP contribution in [-0.2, 0) is 6.54 Å². The largest absolute Gasteiger partial charge is 0.249 e. The normalized spacial score (nSPS) is 14.4. The van der Waals surface area contributed by atoms with Gasteiger partial charge in [0.1, 0.15) is 17.4 Å². The number of rotatable bonds is 4. The zero-order chi connectivity index (χ0) is 16.5. The number of hydrogen-bond acceptors (Lipinski definition) is 3. The van der Waals surface area contributed by atoms with Gasteiger partial charge in [-0.3, -0.25) is 0 Å². The van der Waals surface area contributed by atoms with Crippen LogP contribution in [0.4, 0.5) is 8.78 Å². The van der Waals surface area contributed by atoms with Gasteiger partial charge in [-0.1, -0.05) is 22.9 Å². The zero-order valence-corrected chi connectivity index (χ0v) is 13.2. The highest BCUT2D eigenvalue weighted by molar-refractivity contribution is 6.32. The lowest BCUT2D eigenvalue weighted by molar-refractivity contribution is -0.0160. The molecule has 0 aliphatic heterocycles. The van der Waals surface area contributed by atoms with Crippen molar-refractivity contribution in [2.75, 3.05) is 0 Å². The van der Waals surface area contributed by atoms with E-state index in [-0.39, 0.29) is 6.54 Å². The fourth-order valence-corrected chi connectivity index (χ4v) is 1.99. The second-order valence-corrected chi connectivity index (χ2v) is 6.18. The van der Waals surface area contributed by atoms with E-state index in [4.69, 9.17) is 16.9 Å². The highest BCUT2D eigenvalue weighted by Gasteiger charge is 2.42. The van der Waals surface area contributed by atoms with Gasteiger partial charge >= 0.3 is 0 Å². The van der Waals surface area contributed by atoms with Crippen molar-refractivity contribution in [3.63, 3.8) is 0 Å². The first-order valence-electron chi connectivity index (χ1n) is 6.62. The van der Waals surface area contributed by atoms with Gasteiger partial charge in [-0.25, -0.2) is 13.5 Å². The average Bonchev–Trinajstić information content (AvgIpc) is 2.85. The Labute approximate surface area is 132 Å². The van der Waals surface area contributed by atoms with Crippen LogP contribution >= 0.6 is 11.6 Å². The van der Waals surface area contributed by atoms with E-state index in [2.05, 4.69) is 10.3 Å². The Morgan fingerprint density at radius 1 is 1.32 bits per heavy atom. The molecule has 1 aromatic heterocycles. The third-order valence-corrected chi connectivity index (χ3v) is 3.94. The third-order valence-electron chi connectivity index (χ3n) is 3.62. The maximum absolute atomic E-state index is 14.3. The summed E-state index contributed by atoms with van der Waals surface area (Å²) in [7, 11) is 0. The number of benzene rings is 1. The Balaban J connectivity index is 2.26. The minimum Gasteiger partial charge on any atom is -0.249 e. The van der Waals surface area contributed by atoms with Crippen molar-refractivity contribution in [1.29, 1.82) is 5.26 Å². The molecule has 2 rings (SSSR count). The Morgan fingerprint density at radius 3 is 2.55 bits per heavy atom. The molecule has 1 unspecified atom stereocenters. The molecule has 0 bridgehead atoms. The molecular weight excluding hydrogens is 310 g/mol. The second kappa shape index (κ2) is 5.65. The van der Waals surface area contributed by atoms with Crippen LogP contribution in [0.15, 0.2) is 24.4 Å². The molecule has 0 saturated carbocycles. The minimum absolute atomic E-state index is 0.256. The van der Waals surface area contributed by atoms with Crippen LogP contribution in [0.25, 0.3) is 11.3 Å². The first-order valence-corrected chi connectivity index (χ1v) is 7.00. The predicted octanol–water partition coefficient (Wildman–Crippen LogP) is 3.95. The molecular formula is C15H15ClF2N4. The van der Waals surface area contributed by atoms with Crippen LogP contribution in [0, 0.1) is 11.3 Å². The van der Waals surface area contributed by atoms with Gasteiger partial charge in [0.05, 0.1) is 23.3 Å². The molecule has 7 heteroatoms. The molecule has 0 saturated heterocycles. The molecule has 0 N–H and O–H groups in total. The van der Waals surface area contributed by atoms with Crippen molar-refractivity contribution in [2.24, 2.45) is 0 Å². The number of nitriles is 1. The molecule has 4 nitrogen and oxygen atoms in total. The minimum atomic E-state index is -2.08.